The molecule has 0 radical (unpaired) electrons. The van der Waals surface area contributed by atoms with Crippen molar-refractivity contribution in [1.82, 2.24) is 0 Å². The number of thioether (sulfide) groups is 1. The number of nitriles is 1. The van der Waals surface area contributed by atoms with E-state index in [9.17, 15) is 5.11 Å². The Morgan fingerprint density at radius 3 is 2.27 bits per heavy atom. The van der Waals surface area contributed by atoms with Crippen LogP contribution in [0.4, 0.5) is 0 Å². The van der Waals surface area contributed by atoms with Gasteiger partial charge in [0.25, 0.3) is 0 Å². The summed E-state index contributed by atoms with van der Waals surface area (Å²) in [6.07, 6.45) is -0.654. The molecule has 0 saturated carbocycles. The SMILES string of the molecule is N#CSCC(O)COc1ccc(OCc2ccccc2)cc1. The molecular weight excluding hydrogens is 298 g/mol. The van der Waals surface area contributed by atoms with E-state index in [2.05, 4.69) is 0 Å². The first-order chi connectivity index (χ1) is 10.8. The monoisotopic (exact) mass is 315 g/mol. The lowest BCUT2D eigenvalue weighted by Crippen LogP contribution is -2.19. The summed E-state index contributed by atoms with van der Waals surface area (Å²) < 4.78 is 11.1. The second-order valence-electron chi connectivity index (χ2n) is 4.61. The van der Waals surface area contributed by atoms with Gasteiger partial charge < -0.3 is 14.6 Å². The van der Waals surface area contributed by atoms with Gasteiger partial charge in [0, 0.05) is 5.75 Å². The molecule has 0 aromatic heterocycles. The molecule has 1 unspecified atom stereocenters. The van der Waals surface area contributed by atoms with Gasteiger partial charge in [-0.25, -0.2) is 0 Å². The van der Waals surface area contributed by atoms with Gasteiger partial charge in [0.1, 0.15) is 30.1 Å². The highest BCUT2D eigenvalue weighted by Gasteiger charge is 2.05. The fourth-order valence-corrected chi connectivity index (χ4v) is 2.11. The Morgan fingerprint density at radius 1 is 1.00 bits per heavy atom. The quantitative estimate of drug-likeness (QED) is 0.758. The number of ether oxygens (including phenoxy) is 2. The number of hydrogen-bond acceptors (Lipinski definition) is 5. The van der Waals surface area contributed by atoms with Crippen LogP contribution in [0.3, 0.4) is 0 Å². The van der Waals surface area contributed by atoms with Crippen molar-refractivity contribution >= 4 is 11.8 Å². The van der Waals surface area contributed by atoms with Gasteiger partial charge in [-0.05, 0) is 41.6 Å². The van der Waals surface area contributed by atoms with Crippen molar-refractivity contribution in [3.63, 3.8) is 0 Å². The molecule has 0 aliphatic carbocycles. The molecular formula is C17H17NO3S. The lowest BCUT2D eigenvalue weighted by atomic mass is 10.2. The van der Waals surface area contributed by atoms with Gasteiger partial charge in [0.15, 0.2) is 0 Å². The standard InChI is InChI=1S/C17H17NO3S/c18-13-22-12-15(19)11-21-17-8-6-16(7-9-17)20-10-14-4-2-1-3-5-14/h1-9,15,19H,10-12H2. The third-order valence-corrected chi connectivity index (χ3v) is 3.54. The zero-order chi connectivity index (χ0) is 15.6. The van der Waals surface area contributed by atoms with Crippen molar-refractivity contribution in [1.29, 1.82) is 5.26 Å². The van der Waals surface area contributed by atoms with Gasteiger partial charge in [-0.2, -0.15) is 5.26 Å². The maximum absolute atomic E-state index is 9.58. The van der Waals surface area contributed by atoms with Crippen LogP contribution in [0.25, 0.3) is 0 Å². The van der Waals surface area contributed by atoms with E-state index >= 15 is 0 Å². The summed E-state index contributed by atoms with van der Waals surface area (Å²) in [5, 5.41) is 19.9. The van der Waals surface area contributed by atoms with Crippen LogP contribution in [-0.4, -0.2) is 23.6 Å². The average molecular weight is 315 g/mol. The average Bonchev–Trinajstić information content (AvgIpc) is 2.58. The van der Waals surface area contributed by atoms with Crippen molar-refractivity contribution < 1.29 is 14.6 Å². The zero-order valence-corrected chi connectivity index (χ0v) is 12.8. The maximum atomic E-state index is 9.58. The Morgan fingerprint density at radius 2 is 1.64 bits per heavy atom. The van der Waals surface area contributed by atoms with Gasteiger partial charge in [0.05, 0.1) is 6.10 Å². The number of rotatable bonds is 8. The number of thiocyanates is 1. The normalized spacial score (nSPS) is 11.5. The first-order valence-corrected chi connectivity index (χ1v) is 7.85. The molecule has 0 bridgehead atoms. The molecule has 0 spiro atoms. The summed E-state index contributed by atoms with van der Waals surface area (Å²) in [6, 6.07) is 17.2. The van der Waals surface area contributed by atoms with Crippen molar-refractivity contribution in [3.8, 4) is 16.9 Å². The van der Waals surface area contributed by atoms with Crippen LogP contribution in [0, 0.1) is 10.7 Å². The van der Waals surface area contributed by atoms with Crippen LogP contribution in [0.5, 0.6) is 11.5 Å². The van der Waals surface area contributed by atoms with Gasteiger partial charge in [-0.3, -0.25) is 0 Å². The third-order valence-electron chi connectivity index (χ3n) is 2.85. The molecule has 0 fully saturated rings. The molecule has 1 atom stereocenters. The highest BCUT2D eigenvalue weighted by atomic mass is 32.2. The number of nitrogens with zero attached hydrogens (tertiary/aromatic N) is 1. The topological polar surface area (TPSA) is 62.5 Å². The zero-order valence-electron chi connectivity index (χ0n) is 12.0. The van der Waals surface area contributed by atoms with E-state index < -0.39 is 6.10 Å². The molecule has 4 nitrogen and oxygen atoms in total. The van der Waals surface area contributed by atoms with Gasteiger partial charge in [0.2, 0.25) is 0 Å². The van der Waals surface area contributed by atoms with E-state index in [1.165, 1.54) is 0 Å². The van der Waals surface area contributed by atoms with Crippen LogP contribution in [0.15, 0.2) is 54.6 Å². The van der Waals surface area contributed by atoms with E-state index in [1.54, 1.807) is 12.1 Å². The Bertz CT molecular complexity index is 596. The van der Waals surface area contributed by atoms with E-state index in [0.29, 0.717) is 18.1 Å². The number of aliphatic hydroxyl groups is 1. The summed E-state index contributed by atoms with van der Waals surface area (Å²) in [6.45, 7) is 0.685. The fraction of sp³-hybridized carbons (Fsp3) is 0.235. The molecule has 2 rings (SSSR count). The van der Waals surface area contributed by atoms with E-state index in [-0.39, 0.29) is 6.61 Å². The first-order valence-electron chi connectivity index (χ1n) is 6.86. The summed E-state index contributed by atoms with van der Waals surface area (Å²) >= 11 is 1.01. The Balaban J connectivity index is 1.77. The molecule has 0 amide bonds. The van der Waals surface area contributed by atoms with Crippen molar-refractivity contribution in [2.24, 2.45) is 0 Å². The summed E-state index contributed by atoms with van der Waals surface area (Å²) in [5.41, 5.74) is 1.11. The number of benzene rings is 2. The molecule has 0 aliphatic rings. The number of hydrogen-bond donors (Lipinski definition) is 1. The van der Waals surface area contributed by atoms with E-state index in [1.807, 2.05) is 47.9 Å². The van der Waals surface area contributed by atoms with Crippen LogP contribution in [0.1, 0.15) is 5.56 Å². The maximum Gasteiger partial charge on any atom is 0.133 e. The van der Waals surface area contributed by atoms with Crippen molar-refractivity contribution in [3.05, 3.63) is 60.2 Å². The second kappa shape index (κ2) is 8.98. The minimum atomic E-state index is -0.654. The van der Waals surface area contributed by atoms with E-state index in [4.69, 9.17) is 14.7 Å². The molecule has 2 aromatic carbocycles. The molecule has 0 aliphatic heterocycles. The molecule has 114 valence electrons. The molecule has 2 aromatic rings. The van der Waals surface area contributed by atoms with Gasteiger partial charge in [-0.15, -0.1) is 0 Å². The van der Waals surface area contributed by atoms with E-state index in [0.717, 1.165) is 23.1 Å². The summed E-state index contributed by atoms with van der Waals surface area (Å²) in [7, 11) is 0. The lowest BCUT2D eigenvalue weighted by molar-refractivity contribution is 0.126. The van der Waals surface area contributed by atoms with Crippen LogP contribution < -0.4 is 9.47 Å². The molecule has 0 saturated heterocycles. The Labute approximate surface area is 134 Å². The predicted octanol–water partition coefficient (Wildman–Crippen LogP) is 3.22. The van der Waals surface area contributed by atoms with Crippen LogP contribution in [-0.2, 0) is 6.61 Å². The molecule has 0 heterocycles. The highest BCUT2D eigenvalue weighted by molar-refractivity contribution is 8.03. The van der Waals surface area contributed by atoms with Crippen molar-refractivity contribution in [2.75, 3.05) is 12.4 Å². The molecule has 22 heavy (non-hydrogen) atoms. The van der Waals surface area contributed by atoms with Crippen LogP contribution >= 0.6 is 11.8 Å². The van der Waals surface area contributed by atoms with Gasteiger partial charge >= 0.3 is 0 Å². The number of aliphatic hydroxyl groups excluding tert-OH is 1. The first kappa shape index (κ1) is 16.2. The minimum Gasteiger partial charge on any atom is -0.491 e. The molecule has 5 heteroatoms. The largest absolute Gasteiger partial charge is 0.491 e. The van der Waals surface area contributed by atoms with Gasteiger partial charge in [-0.1, -0.05) is 30.3 Å². The van der Waals surface area contributed by atoms with Crippen LogP contribution in [0.2, 0.25) is 0 Å². The van der Waals surface area contributed by atoms with Crippen molar-refractivity contribution in [2.45, 2.75) is 12.7 Å². The highest BCUT2D eigenvalue weighted by Crippen LogP contribution is 2.19. The minimum absolute atomic E-state index is 0.166. The predicted molar refractivity (Wildman–Crippen MR) is 86.8 cm³/mol. The smallest absolute Gasteiger partial charge is 0.133 e. The Hall–Kier alpha value is -2.16. The second-order valence-corrected chi connectivity index (χ2v) is 5.42. The third kappa shape index (κ3) is 5.68. The summed E-state index contributed by atoms with van der Waals surface area (Å²) in [5.74, 6) is 1.76. The Kier molecular flexibility index (Phi) is 6.62. The lowest BCUT2D eigenvalue weighted by Gasteiger charge is -2.11. The fourth-order valence-electron chi connectivity index (χ4n) is 1.75. The molecule has 1 N–H and O–H groups in total. The summed E-state index contributed by atoms with van der Waals surface area (Å²) in [4.78, 5) is 0.